The predicted octanol–water partition coefficient (Wildman–Crippen LogP) is 4.62. The van der Waals surface area contributed by atoms with Crippen LogP contribution in [0.1, 0.15) is 36.1 Å². The van der Waals surface area contributed by atoms with E-state index >= 15 is 0 Å². The van der Waals surface area contributed by atoms with Crippen LogP contribution < -0.4 is 15.5 Å². The number of hydrogen-bond donors (Lipinski definition) is 2. The van der Waals surface area contributed by atoms with E-state index in [1.165, 1.54) is 18.3 Å². The van der Waals surface area contributed by atoms with Gasteiger partial charge in [0.2, 0.25) is 0 Å². The fourth-order valence-electron chi connectivity index (χ4n) is 3.19. The van der Waals surface area contributed by atoms with Crippen LogP contribution in [0.15, 0.2) is 71.8 Å². The maximum atomic E-state index is 12.9. The number of carbonyl (C=O) groups is 2. The Bertz CT molecular complexity index is 1100. The molecule has 0 atom stereocenters. The average molecular weight is 448 g/mol. The van der Waals surface area contributed by atoms with E-state index in [0.29, 0.717) is 18.0 Å². The van der Waals surface area contributed by atoms with E-state index < -0.39 is 11.8 Å². The summed E-state index contributed by atoms with van der Waals surface area (Å²) in [6.45, 7) is 4.31. The van der Waals surface area contributed by atoms with Crippen molar-refractivity contribution in [1.82, 2.24) is 5.43 Å². The number of amides is 2. The summed E-state index contributed by atoms with van der Waals surface area (Å²) < 4.78 is 18.6. The fraction of sp³-hybridized carbons (Fsp3) is 0.192. The molecule has 33 heavy (non-hydrogen) atoms. The van der Waals surface area contributed by atoms with Crippen LogP contribution in [0.4, 0.5) is 10.1 Å². The first-order valence-electron chi connectivity index (χ1n) is 10.7. The molecule has 0 fully saturated rings. The summed E-state index contributed by atoms with van der Waals surface area (Å²) >= 11 is 0. The summed E-state index contributed by atoms with van der Waals surface area (Å²) in [5, 5.41) is 6.56. The van der Waals surface area contributed by atoms with Crippen LogP contribution in [0.25, 0.3) is 0 Å². The Morgan fingerprint density at radius 1 is 0.909 bits per heavy atom. The molecule has 0 aromatic heterocycles. The molecule has 0 unspecified atom stereocenters. The van der Waals surface area contributed by atoms with Crippen molar-refractivity contribution in [3.63, 3.8) is 0 Å². The van der Waals surface area contributed by atoms with Crippen LogP contribution in [-0.4, -0.2) is 18.0 Å². The van der Waals surface area contributed by atoms with Gasteiger partial charge in [-0.3, -0.25) is 9.59 Å². The van der Waals surface area contributed by atoms with E-state index in [1.54, 1.807) is 36.4 Å². The average Bonchev–Trinajstić information content (AvgIpc) is 2.84. The number of aryl methyl sites for hydroxylation is 2. The molecule has 0 aliphatic rings. The molecule has 0 saturated heterocycles. The van der Waals surface area contributed by atoms with Gasteiger partial charge < -0.3 is 10.1 Å². The second-order valence-corrected chi connectivity index (χ2v) is 7.30. The van der Waals surface area contributed by atoms with Gasteiger partial charge in [0.25, 0.3) is 0 Å². The third kappa shape index (κ3) is 6.74. The lowest BCUT2D eigenvalue weighted by Crippen LogP contribution is -2.33. The van der Waals surface area contributed by atoms with Gasteiger partial charge in [-0.25, -0.2) is 9.82 Å². The van der Waals surface area contributed by atoms with Crippen LogP contribution in [0.5, 0.6) is 5.75 Å². The normalized spacial score (nSPS) is 10.8. The second kappa shape index (κ2) is 11.6. The Morgan fingerprint density at radius 3 is 2.15 bits per heavy atom. The van der Waals surface area contributed by atoms with Crippen LogP contribution >= 0.6 is 0 Å². The lowest BCUT2D eigenvalue weighted by atomic mass is 10.0. The number of rotatable bonds is 8. The van der Waals surface area contributed by atoms with Crippen molar-refractivity contribution < 1.29 is 18.7 Å². The van der Waals surface area contributed by atoms with Gasteiger partial charge in [-0.05, 0) is 71.5 Å². The molecule has 0 spiro atoms. The van der Waals surface area contributed by atoms with Crippen LogP contribution in [-0.2, 0) is 29.0 Å². The summed E-state index contributed by atoms with van der Waals surface area (Å²) in [7, 11) is 0. The molecule has 3 aromatic carbocycles. The number of nitrogens with zero attached hydrogens (tertiary/aromatic N) is 1. The summed E-state index contributed by atoms with van der Waals surface area (Å²) in [4.78, 5) is 24.5. The van der Waals surface area contributed by atoms with Crippen molar-refractivity contribution in [2.75, 3.05) is 5.32 Å². The Hall–Kier alpha value is -4.00. The molecule has 7 heteroatoms. The van der Waals surface area contributed by atoms with Crippen molar-refractivity contribution in [2.45, 2.75) is 33.3 Å². The molecule has 6 nitrogen and oxygen atoms in total. The molecule has 0 aliphatic carbocycles. The van der Waals surface area contributed by atoms with Crippen molar-refractivity contribution >= 4 is 23.7 Å². The number of para-hydroxylation sites is 1. The molecule has 3 rings (SSSR count). The standard InChI is InChI=1S/C26H26FN3O3/c1-3-20-6-5-7-21(4-2)24(20)29-25(31)26(32)30-28-16-18-10-14-23(15-11-18)33-17-19-8-12-22(27)13-9-19/h5-16H,3-4,17H2,1-2H3,(H,29,31)(H,30,32)/b28-16-. The maximum Gasteiger partial charge on any atom is 0.329 e. The lowest BCUT2D eigenvalue weighted by molar-refractivity contribution is -0.136. The van der Waals surface area contributed by atoms with Crippen LogP contribution in [0.2, 0.25) is 0 Å². The zero-order valence-corrected chi connectivity index (χ0v) is 18.6. The Morgan fingerprint density at radius 2 is 1.55 bits per heavy atom. The summed E-state index contributed by atoms with van der Waals surface area (Å²) in [5.41, 5.74) is 6.45. The molecular formula is C26H26FN3O3. The van der Waals surface area contributed by atoms with Gasteiger partial charge in [0.15, 0.2) is 0 Å². The number of carbonyl (C=O) groups excluding carboxylic acids is 2. The Labute approximate surface area is 192 Å². The fourth-order valence-corrected chi connectivity index (χ4v) is 3.19. The minimum Gasteiger partial charge on any atom is -0.489 e. The van der Waals surface area contributed by atoms with Gasteiger partial charge >= 0.3 is 11.8 Å². The van der Waals surface area contributed by atoms with E-state index in [-0.39, 0.29) is 5.82 Å². The minimum absolute atomic E-state index is 0.288. The highest BCUT2D eigenvalue weighted by Crippen LogP contribution is 2.22. The first-order chi connectivity index (χ1) is 16.0. The number of nitrogens with one attached hydrogen (secondary N) is 2. The topological polar surface area (TPSA) is 79.8 Å². The highest BCUT2D eigenvalue weighted by atomic mass is 19.1. The molecule has 0 radical (unpaired) electrons. The van der Waals surface area contributed by atoms with Crippen LogP contribution in [0.3, 0.4) is 0 Å². The third-order valence-electron chi connectivity index (χ3n) is 5.02. The highest BCUT2D eigenvalue weighted by molar-refractivity contribution is 6.39. The third-order valence-corrected chi connectivity index (χ3v) is 5.02. The zero-order valence-electron chi connectivity index (χ0n) is 18.6. The number of hydrazone groups is 1. The monoisotopic (exact) mass is 447 g/mol. The van der Waals surface area contributed by atoms with Crippen molar-refractivity contribution in [3.8, 4) is 5.75 Å². The maximum absolute atomic E-state index is 12.9. The first-order valence-corrected chi connectivity index (χ1v) is 10.7. The number of benzene rings is 3. The van der Waals surface area contributed by atoms with E-state index in [4.69, 9.17) is 4.74 Å². The van der Waals surface area contributed by atoms with E-state index in [9.17, 15) is 14.0 Å². The molecule has 2 amide bonds. The second-order valence-electron chi connectivity index (χ2n) is 7.30. The first kappa shape index (κ1) is 23.7. The molecular weight excluding hydrogens is 421 g/mol. The van der Waals surface area contributed by atoms with Gasteiger partial charge in [0, 0.05) is 5.69 Å². The quantitative estimate of drug-likeness (QED) is 0.300. The largest absolute Gasteiger partial charge is 0.489 e. The molecule has 170 valence electrons. The smallest absolute Gasteiger partial charge is 0.329 e. The van der Waals surface area contributed by atoms with E-state index in [2.05, 4.69) is 15.8 Å². The molecule has 0 bridgehead atoms. The number of ether oxygens (including phenoxy) is 1. The molecule has 0 heterocycles. The SMILES string of the molecule is CCc1cccc(CC)c1NC(=O)C(=O)N/N=C\c1ccc(OCc2ccc(F)cc2)cc1. The Balaban J connectivity index is 1.51. The number of hydrogen-bond acceptors (Lipinski definition) is 4. The van der Waals surface area contributed by atoms with E-state index in [1.807, 2.05) is 32.0 Å². The number of halogens is 1. The van der Waals surface area contributed by atoms with Crippen molar-refractivity contribution in [2.24, 2.45) is 5.10 Å². The van der Waals surface area contributed by atoms with Gasteiger partial charge in [-0.1, -0.05) is 44.2 Å². The summed E-state index contributed by atoms with van der Waals surface area (Å²) in [6.07, 6.45) is 2.92. The van der Waals surface area contributed by atoms with Crippen molar-refractivity contribution in [1.29, 1.82) is 0 Å². The van der Waals surface area contributed by atoms with Gasteiger partial charge in [-0.15, -0.1) is 0 Å². The highest BCUT2D eigenvalue weighted by Gasteiger charge is 2.16. The Kier molecular flexibility index (Phi) is 8.30. The zero-order chi connectivity index (χ0) is 23.6. The molecule has 3 aromatic rings. The minimum atomic E-state index is -0.849. The molecule has 0 aliphatic heterocycles. The molecule has 2 N–H and O–H groups in total. The van der Waals surface area contributed by atoms with E-state index in [0.717, 1.165) is 35.1 Å². The van der Waals surface area contributed by atoms with Gasteiger partial charge in [-0.2, -0.15) is 5.10 Å². The van der Waals surface area contributed by atoms with Crippen LogP contribution in [0, 0.1) is 5.82 Å². The number of anilines is 1. The molecule has 0 saturated carbocycles. The summed E-state index contributed by atoms with van der Waals surface area (Å²) in [6, 6.07) is 18.9. The van der Waals surface area contributed by atoms with Crippen molar-refractivity contribution in [3.05, 3.63) is 94.8 Å². The lowest BCUT2D eigenvalue weighted by Gasteiger charge is -2.13. The van der Waals surface area contributed by atoms with Gasteiger partial charge in [0.1, 0.15) is 18.2 Å². The predicted molar refractivity (Wildman–Crippen MR) is 127 cm³/mol. The van der Waals surface area contributed by atoms with Gasteiger partial charge in [0.05, 0.1) is 6.21 Å². The summed E-state index contributed by atoms with van der Waals surface area (Å²) in [5.74, 6) is -1.27.